The summed E-state index contributed by atoms with van der Waals surface area (Å²) >= 11 is 5.78. The lowest BCUT2D eigenvalue weighted by molar-refractivity contribution is 0.432. The van der Waals surface area contributed by atoms with Gasteiger partial charge in [0.15, 0.2) is 5.96 Å². The second-order valence-corrected chi connectivity index (χ2v) is 6.49. The van der Waals surface area contributed by atoms with Crippen LogP contribution in [0.2, 0.25) is 5.15 Å². The lowest BCUT2D eigenvalue weighted by Gasteiger charge is -2.20. The van der Waals surface area contributed by atoms with Gasteiger partial charge in [-0.15, -0.1) is 24.0 Å². The highest BCUT2D eigenvalue weighted by molar-refractivity contribution is 14.0. The normalized spacial score (nSPS) is 11.8. The fraction of sp³-hybridized carbons (Fsp3) is 0.625. The number of aromatic nitrogens is 1. The molecule has 0 amide bonds. The fourth-order valence-electron chi connectivity index (χ4n) is 1.82. The molecule has 0 aromatic carbocycles. The van der Waals surface area contributed by atoms with Crippen LogP contribution >= 0.6 is 35.6 Å². The molecule has 0 fully saturated rings. The Labute approximate surface area is 162 Å². The predicted octanol–water partition coefficient (Wildman–Crippen LogP) is 2.84. The fourth-order valence-corrected chi connectivity index (χ4v) is 1.93. The lowest BCUT2D eigenvalue weighted by atomic mass is 10.1. The van der Waals surface area contributed by atoms with Crippen LogP contribution in [-0.4, -0.2) is 42.7 Å². The predicted molar refractivity (Wildman–Crippen MR) is 110 cm³/mol. The van der Waals surface area contributed by atoms with Crippen molar-refractivity contribution in [2.45, 2.75) is 39.7 Å². The quantitative estimate of drug-likeness (QED) is 0.195. The maximum atomic E-state index is 5.78. The van der Waals surface area contributed by atoms with E-state index in [-0.39, 0.29) is 29.5 Å². The van der Waals surface area contributed by atoms with E-state index in [0.29, 0.717) is 5.15 Å². The third-order valence-corrected chi connectivity index (χ3v) is 3.10. The van der Waals surface area contributed by atoms with E-state index in [1.807, 2.05) is 12.1 Å². The summed E-state index contributed by atoms with van der Waals surface area (Å²) < 4.78 is 0. The van der Waals surface area contributed by atoms with Crippen molar-refractivity contribution < 1.29 is 0 Å². The number of hydrogen-bond donors (Lipinski definition) is 3. The maximum Gasteiger partial charge on any atom is 0.191 e. The second kappa shape index (κ2) is 11.9. The number of hydrogen-bond acceptors (Lipinski definition) is 3. The smallest absolute Gasteiger partial charge is 0.191 e. The lowest BCUT2D eigenvalue weighted by Crippen LogP contribution is -2.40. The monoisotopic (exact) mass is 453 g/mol. The zero-order valence-electron chi connectivity index (χ0n) is 14.4. The standard InChI is InChI=1S/C16H28ClN5.HI/c1-5-18-15(20-10-11-22-16(2,3)4)19-9-8-13-6-7-14(17)21-12-13;/h6-7,12,22H,5,8-11H2,1-4H3,(H2,18,19,20);1H. The average Bonchev–Trinajstić information content (AvgIpc) is 2.44. The summed E-state index contributed by atoms with van der Waals surface area (Å²) in [5, 5.41) is 10.5. The first-order valence-electron chi connectivity index (χ1n) is 7.78. The van der Waals surface area contributed by atoms with Crippen LogP contribution in [0.4, 0.5) is 0 Å². The van der Waals surface area contributed by atoms with E-state index in [2.05, 4.69) is 53.6 Å². The van der Waals surface area contributed by atoms with Crippen molar-refractivity contribution in [1.82, 2.24) is 20.9 Å². The van der Waals surface area contributed by atoms with Gasteiger partial charge in [0, 0.05) is 31.4 Å². The summed E-state index contributed by atoms with van der Waals surface area (Å²) in [6.45, 7) is 11.8. The van der Waals surface area contributed by atoms with E-state index in [1.165, 1.54) is 0 Å². The van der Waals surface area contributed by atoms with Crippen molar-refractivity contribution in [1.29, 1.82) is 0 Å². The Morgan fingerprint density at radius 2 is 1.96 bits per heavy atom. The SMILES string of the molecule is CCNC(=NCCNC(C)(C)C)NCCc1ccc(Cl)nc1.I. The molecule has 0 unspecified atom stereocenters. The average molecular weight is 454 g/mol. The number of rotatable bonds is 7. The minimum absolute atomic E-state index is 0. The minimum atomic E-state index is 0. The first kappa shape index (κ1) is 22.4. The summed E-state index contributed by atoms with van der Waals surface area (Å²) in [6, 6.07) is 3.81. The van der Waals surface area contributed by atoms with E-state index in [4.69, 9.17) is 11.6 Å². The number of aliphatic imine (C=N–C) groups is 1. The summed E-state index contributed by atoms with van der Waals surface area (Å²) in [4.78, 5) is 8.64. The zero-order chi connectivity index (χ0) is 16.4. The first-order valence-corrected chi connectivity index (χ1v) is 8.16. The molecule has 132 valence electrons. The van der Waals surface area contributed by atoms with Crippen LogP contribution in [-0.2, 0) is 6.42 Å². The van der Waals surface area contributed by atoms with E-state index >= 15 is 0 Å². The number of pyridine rings is 1. The van der Waals surface area contributed by atoms with Gasteiger partial charge >= 0.3 is 0 Å². The molecule has 0 saturated heterocycles. The molecule has 0 aliphatic heterocycles. The van der Waals surface area contributed by atoms with Gasteiger partial charge < -0.3 is 16.0 Å². The number of nitrogens with one attached hydrogen (secondary N) is 3. The van der Waals surface area contributed by atoms with Crippen LogP contribution in [0.5, 0.6) is 0 Å². The Morgan fingerprint density at radius 3 is 2.52 bits per heavy atom. The van der Waals surface area contributed by atoms with E-state index in [0.717, 1.165) is 44.1 Å². The molecule has 1 aromatic rings. The molecule has 0 aliphatic rings. The molecule has 0 spiro atoms. The Hall–Kier alpha value is -0.600. The highest BCUT2D eigenvalue weighted by Gasteiger charge is 2.07. The van der Waals surface area contributed by atoms with Gasteiger partial charge in [0.05, 0.1) is 6.54 Å². The largest absolute Gasteiger partial charge is 0.357 e. The van der Waals surface area contributed by atoms with Crippen molar-refractivity contribution in [3.63, 3.8) is 0 Å². The van der Waals surface area contributed by atoms with Gasteiger partial charge in [-0.1, -0.05) is 17.7 Å². The second-order valence-electron chi connectivity index (χ2n) is 6.10. The van der Waals surface area contributed by atoms with Gasteiger partial charge in [0.1, 0.15) is 5.15 Å². The van der Waals surface area contributed by atoms with Gasteiger partial charge in [0.25, 0.3) is 0 Å². The topological polar surface area (TPSA) is 61.3 Å². The Bertz CT molecular complexity index is 457. The summed E-state index contributed by atoms with van der Waals surface area (Å²) in [6.07, 6.45) is 2.69. The third kappa shape index (κ3) is 11.6. The number of guanidine groups is 1. The van der Waals surface area contributed by atoms with Gasteiger partial charge in [-0.25, -0.2) is 4.98 Å². The van der Waals surface area contributed by atoms with Crippen molar-refractivity contribution in [3.8, 4) is 0 Å². The Morgan fingerprint density at radius 1 is 1.22 bits per heavy atom. The highest BCUT2D eigenvalue weighted by Crippen LogP contribution is 2.05. The molecule has 0 radical (unpaired) electrons. The van der Waals surface area contributed by atoms with E-state index < -0.39 is 0 Å². The molecule has 5 nitrogen and oxygen atoms in total. The van der Waals surface area contributed by atoms with Crippen LogP contribution < -0.4 is 16.0 Å². The van der Waals surface area contributed by atoms with Crippen molar-refractivity contribution in [2.75, 3.05) is 26.2 Å². The third-order valence-electron chi connectivity index (χ3n) is 2.88. The molecule has 23 heavy (non-hydrogen) atoms. The molecule has 1 rings (SSSR count). The minimum Gasteiger partial charge on any atom is -0.357 e. The van der Waals surface area contributed by atoms with E-state index in [1.54, 1.807) is 6.20 Å². The van der Waals surface area contributed by atoms with Crippen molar-refractivity contribution in [3.05, 3.63) is 29.0 Å². The maximum absolute atomic E-state index is 5.78. The van der Waals surface area contributed by atoms with Gasteiger partial charge in [-0.05, 0) is 45.7 Å². The number of halogens is 2. The Kier molecular flexibility index (Phi) is 11.6. The first-order chi connectivity index (χ1) is 10.4. The summed E-state index contributed by atoms with van der Waals surface area (Å²) in [7, 11) is 0. The molecule has 0 saturated carbocycles. The number of nitrogens with zero attached hydrogens (tertiary/aromatic N) is 2. The Balaban J connectivity index is 0.00000484. The molecule has 1 heterocycles. The van der Waals surface area contributed by atoms with Gasteiger partial charge in [-0.3, -0.25) is 4.99 Å². The van der Waals surface area contributed by atoms with Crippen LogP contribution in [0, 0.1) is 0 Å². The van der Waals surface area contributed by atoms with Gasteiger partial charge in [-0.2, -0.15) is 0 Å². The van der Waals surface area contributed by atoms with Crippen LogP contribution in [0.3, 0.4) is 0 Å². The van der Waals surface area contributed by atoms with Crippen LogP contribution in [0.1, 0.15) is 33.3 Å². The molecule has 0 bridgehead atoms. The molecule has 0 atom stereocenters. The molecule has 3 N–H and O–H groups in total. The van der Waals surface area contributed by atoms with Gasteiger partial charge in [0.2, 0.25) is 0 Å². The van der Waals surface area contributed by atoms with Crippen molar-refractivity contribution >= 4 is 41.5 Å². The molecule has 1 aromatic heterocycles. The molecular formula is C16H29ClIN5. The zero-order valence-corrected chi connectivity index (χ0v) is 17.5. The highest BCUT2D eigenvalue weighted by atomic mass is 127. The van der Waals surface area contributed by atoms with Crippen LogP contribution in [0.25, 0.3) is 0 Å². The van der Waals surface area contributed by atoms with Crippen molar-refractivity contribution in [2.24, 2.45) is 4.99 Å². The van der Waals surface area contributed by atoms with Crippen LogP contribution in [0.15, 0.2) is 23.3 Å². The molecule has 7 heteroatoms. The summed E-state index contributed by atoms with van der Waals surface area (Å²) in [5.41, 5.74) is 1.28. The molecule has 0 aliphatic carbocycles. The van der Waals surface area contributed by atoms with E-state index in [9.17, 15) is 0 Å². The summed E-state index contributed by atoms with van der Waals surface area (Å²) in [5.74, 6) is 0.847. The molecular weight excluding hydrogens is 425 g/mol.